The summed E-state index contributed by atoms with van der Waals surface area (Å²) in [5, 5.41) is 11.8. The van der Waals surface area contributed by atoms with Crippen molar-refractivity contribution in [3.63, 3.8) is 0 Å². The van der Waals surface area contributed by atoms with Gasteiger partial charge in [-0.3, -0.25) is 0 Å². The second kappa shape index (κ2) is 5.79. The second-order valence-corrected chi connectivity index (χ2v) is 4.05. The maximum Gasteiger partial charge on any atom is 0.322 e. The molecule has 1 aromatic carbocycles. The molecule has 0 spiro atoms. The molecule has 18 heavy (non-hydrogen) atoms. The van der Waals surface area contributed by atoms with Crippen LogP contribution in [0.2, 0.25) is 0 Å². The Labute approximate surface area is 104 Å². The van der Waals surface area contributed by atoms with Gasteiger partial charge in [0.1, 0.15) is 5.82 Å². The molecular weight excluding hydrogens is 239 g/mol. The van der Waals surface area contributed by atoms with Crippen molar-refractivity contribution < 1.29 is 19.0 Å². The molecule has 0 saturated carbocycles. The summed E-state index contributed by atoms with van der Waals surface area (Å²) in [7, 11) is 0. The fraction of sp³-hybridized carbons (Fsp3) is 0.417. The molecule has 1 aliphatic rings. The average molecular weight is 254 g/mol. The summed E-state index contributed by atoms with van der Waals surface area (Å²) in [6, 6.07) is 4.96. The molecule has 1 atom stereocenters. The van der Waals surface area contributed by atoms with Crippen molar-refractivity contribution in [3.05, 3.63) is 30.1 Å². The van der Waals surface area contributed by atoms with Gasteiger partial charge in [-0.1, -0.05) is 6.07 Å². The molecule has 2 amide bonds. The first-order chi connectivity index (χ1) is 8.70. The standard InChI is InChI=1S/C12H15FN2O3/c13-9-2-1-3-10(6-9)14-12(17)15-4-5-18-8-11(15)7-16/h1-3,6,11,16H,4-5,7-8H2,(H,14,17). The van der Waals surface area contributed by atoms with Gasteiger partial charge in [0, 0.05) is 12.2 Å². The van der Waals surface area contributed by atoms with Crippen LogP contribution in [0.4, 0.5) is 14.9 Å². The number of aliphatic hydroxyl groups is 1. The number of nitrogens with zero attached hydrogens (tertiary/aromatic N) is 1. The SMILES string of the molecule is O=C(Nc1cccc(F)c1)N1CCOCC1CO. The summed E-state index contributed by atoms with van der Waals surface area (Å²) >= 11 is 0. The minimum Gasteiger partial charge on any atom is -0.394 e. The van der Waals surface area contributed by atoms with Crippen molar-refractivity contribution in [3.8, 4) is 0 Å². The second-order valence-electron chi connectivity index (χ2n) is 4.05. The molecule has 1 aromatic rings. The molecule has 1 unspecified atom stereocenters. The van der Waals surface area contributed by atoms with Crippen molar-refractivity contribution in [2.45, 2.75) is 6.04 Å². The minimum atomic E-state index is -0.409. The van der Waals surface area contributed by atoms with Gasteiger partial charge in [0.25, 0.3) is 0 Å². The summed E-state index contributed by atoms with van der Waals surface area (Å²) in [6.07, 6.45) is 0. The third-order valence-electron chi connectivity index (χ3n) is 2.78. The molecule has 0 aromatic heterocycles. The highest BCUT2D eigenvalue weighted by molar-refractivity contribution is 5.89. The number of carbonyl (C=O) groups excluding carboxylic acids is 1. The van der Waals surface area contributed by atoms with Crippen LogP contribution in [0.3, 0.4) is 0 Å². The molecule has 98 valence electrons. The first-order valence-corrected chi connectivity index (χ1v) is 5.72. The third kappa shape index (κ3) is 2.96. The molecule has 1 fully saturated rings. The summed E-state index contributed by atoms with van der Waals surface area (Å²) in [4.78, 5) is 13.5. The number of halogens is 1. The van der Waals surface area contributed by atoms with Gasteiger partial charge >= 0.3 is 6.03 Å². The van der Waals surface area contributed by atoms with Gasteiger partial charge in [-0.2, -0.15) is 0 Å². The topological polar surface area (TPSA) is 61.8 Å². The zero-order valence-electron chi connectivity index (χ0n) is 9.80. The number of carbonyl (C=O) groups is 1. The Bertz CT molecular complexity index is 428. The molecule has 0 bridgehead atoms. The molecule has 6 heteroatoms. The van der Waals surface area contributed by atoms with Gasteiger partial charge in [0.2, 0.25) is 0 Å². The number of morpholine rings is 1. The van der Waals surface area contributed by atoms with Crippen LogP contribution >= 0.6 is 0 Å². The van der Waals surface area contributed by atoms with E-state index in [1.54, 1.807) is 6.07 Å². The molecule has 2 rings (SSSR count). The highest BCUT2D eigenvalue weighted by Gasteiger charge is 2.26. The van der Waals surface area contributed by atoms with Crippen LogP contribution in [0, 0.1) is 5.82 Å². The molecule has 1 heterocycles. The molecule has 1 aliphatic heterocycles. The van der Waals surface area contributed by atoms with Gasteiger partial charge in [0.15, 0.2) is 0 Å². The molecule has 1 saturated heterocycles. The summed E-state index contributed by atoms with van der Waals surface area (Å²) in [6.45, 7) is 1.00. The number of anilines is 1. The van der Waals surface area contributed by atoms with Gasteiger partial charge in [0.05, 0.1) is 25.9 Å². The highest BCUT2D eigenvalue weighted by atomic mass is 19.1. The van der Waals surface area contributed by atoms with Crippen LogP contribution in [0.25, 0.3) is 0 Å². The minimum absolute atomic E-state index is 0.156. The number of aliphatic hydroxyl groups excluding tert-OH is 1. The zero-order chi connectivity index (χ0) is 13.0. The molecule has 0 radical (unpaired) electrons. The zero-order valence-corrected chi connectivity index (χ0v) is 9.80. The lowest BCUT2D eigenvalue weighted by Crippen LogP contribution is -2.52. The maximum atomic E-state index is 13.0. The molecular formula is C12H15FN2O3. The largest absolute Gasteiger partial charge is 0.394 e. The van der Waals surface area contributed by atoms with Crippen LogP contribution in [0.15, 0.2) is 24.3 Å². The Morgan fingerprint density at radius 2 is 2.44 bits per heavy atom. The number of nitrogens with one attached hydrogen (secondary N) is 1. The van der Waals surface area contributed by atoms with E-state index in [2.05, 4.69) is 5.32 Å². The maximum absolute atomic E-state index is 13.0. The van der Waals surface area contributed by atoms with Gasteiger partial charge in [-0.15, -0.1) is 0 Å². The van der Waals surface area contributed by atoms with E-state index in [0.717, 1.165) is 0 Å². The van der Waals surface area contributed by atoms with Crippen LogP contribution in [-0.4, -0.2) is 48.4 Å². The summed E-state index contributed by atoms with van der Waals surface area (Å²) in [5.41, 5.74) is 0.392. The van der Waals surface area contributed by atoms with Gasteiger partial charge < -0.3 is 20.1 Å². The van der Waals surface area contributed by atoms with Crippen molar-refractivity contribution in [1.29, 1.82) is 0 Å². The average Bonchev–Trinajstić information content (AvgIpc) is 2.38. The Kier molecular flexibility index (Phi) is 4.11. The monoisotopic (exact) mass is 254 g/mol. The first kappa shape index (κ1) is 12.8. The third-order valence-corrected chi connectivity index (χ3v) is 2.78. The van der Waals surface area contributed by atoms with E-state index in [1.807, 2.05) is 0 Å². The van der Waals surface area contributed by atoms with Crippen molar-refractivity contribution in [2.75, 3.05) is 31.7 Å². The van der Waals surface area contributed by atoms with Crippen molar-refractivity contribution in [1.82, 2.24) is 4.90 Å². The fourth-order valence-corrected chi connectivity index (χ4v) is 1.83. The number of amides is 2. The smallest absolute Gasteiger partial charge is 0.322 e. The Hall–Kier alpha value is -1.66. The number of ether oxygens (including phenoxy) is 1. The van der Waals surface area contributed by atoms with E-state index >= 15 is 0 Å². The fourth-order valence-electron chi connectivity index (χ4n) is 1.83. The van der Waals surface area contributed by atoms with Crippen LogP contribution < -0.4 is 5.32 Å². The number of rotatable bonds is 2. The Morgan fingerprint density at radius 3 is 3.17 bits per heavy atom. The quantitative estimate of drug-likeness (QED) is 0.829. The van der Waals surface area contributed by atoms with E-state index in [9.17, 15) is 9.18 Å². The summed E-state index contributed by atoms with van der Waals surface area (Å²) < 4.78 is 18.2. The van der Waals surface area contributed by atoms with E-state index in [-0.39, 0.29) is 18.7 Å². The molecule has 2 N–H and O–H groups in total. The number of hydrogen-bond donors (Lipinski definition) is 2. The highest BCUT2D eigenvalue weighted by Crippen LogP contribution is 2.13. The predicted molar refractivity (Wildman–Crippen MR) is 63.8 cm³/mol. The lowest BCUT2D eigenvalue weighted by Gasteiger charge is -2.34. The predicted octanol–water partition coefficient (Wildman–Crippen LogP) is 1.05. The van der Waals surface area contributed by atoms with E-state index in [4.69, 9.17) is 9.84 Å². The van der Waals surface area contributed by atoms with E-state index in [1.165, 1.54) is 23.1 Å². The number of hydrogen-bond acceptors (Lipinski definition) is 3. The van der Waals surface area contributed by atoms with Crippen LogP contribution in [0.5, 0.6) is 0 Å². The first-order valence-electron chi connectivity index (χ1n) is 5.72. The number of benzene rings is 1. The molecule has 5 nitrogen and oxygen atoms in total. The normalized spacial score (nSPS) is 19.7. The van der Waals surface area contributed by atoms with Crippen LogP contribution in [0.1, 0.15) is 0 Å². The summed E-state index contributed by atoms with van der Waals surface area (Å²) in [5.74, 6) is -0.409. The Balaban J connectivity index is 2.02. The van der Waals surface area contributed by atoms with E-state index < -0.39 is 5.82 Å². The van der Waals surface area contributed by atoms with Gasteiger partial charge in [-0.05, 0) is 18.2 Å². The van der Waals surface area contributed by atoms with Gasteiger partial charge in [-0.25, -0.2) is 9.18 Å². The lowest BCUT2D eigenvalue weighted by molar-refractivity contribution is -0.00485. The van der Waals surface area contributed by atoms with Crippen molar-refractivity contribution in [2.24, 2.45) is 0 Å². The lowest BCUT2D eigenvalue weighted by atomic mass is 10.2. The molecule has 0 aliphatic carbocycles. The Morgan fingerprint density at radius 1 is 1.61 bits per heavy atom. The van der Waals surface area contributed by atoms with Crippen LogP contribution in [-0.2, 0) is 4.74 Å². The van der Waals surface area contributed by atoms with E-state index in [0.29, 0.717) is 25.4 Å². The number of urea groups is 1. The van der Waals surface area contributed by atoms with Crippen molar-refractivity contribution >= 4 is 11.7 Å².